The van der Waals surface area contributed by atoms with Gasteiger partial charge < -0.3 is 16.4 Å². The van der Waals surface area contributed by atoms with Gasteiger partial charge in [0.05, 0.1) is 0 Å². The molecule has 0 aliphatic rings. The van der Waals surface area contributed by atoms with E-state index in [4.69, 9.17) is 5.73 Å². The average molecular weight is 434 g/mol. The van der Waals surface area contributed by atoms with Gasteiger partial charge in [-0.05, 0) is 16.7 Å². The van der Waals surface area contributed by atoms with Crippen molar-refractivity contribution in [2.45, 2.75) is 70.8 Å². The van der Waals surface area contributed by atoms with Crippen LogP contribution < -0.4 is 16.4 Å². The van der Waals surface area contributed by atoms with Crippen LogP contribution in [-0.4, -0.2) is 37.9 Å². The van der Waals surface area contributed by atoms with E-state index < -0.39 is 43.7 Å². The first-order valence-electron chi connectivity index (χ1n) is 9.85. The summed E-state index contributed by atoms with van der Waals surface area (Å²) in [4.78, 5) is 36.1. The van der Waals surface area contributed by atoms with Gasteiger partial charge in [0.15, 0.2) is 0 Å². The molecule has 0 unspecified atom stereocenters. The number of nitrogens with two attached hydrogens (primary N) is 1. The molecule has 2 atom stereocenters. The Hall–Kier alpha value is -2.66. The smallest absolute Gasteiger partial charge is 0.243 e. The molecule has 0 saturated carbocycles. The van der Waals surface area contributed by atoms with Crippen molar-refractivity contribution in [3.05, 3.63) is 35.6 Å². The van der Waals surface area contributed by atoms with E-state index in [-0.39, 0.29) is 23.4 Å². The number of benzene rings is 1. The summed E-state index contributed by atoms with van der Waals surface area (Å²) in [6.45, 7) is 11.9. The van der Waals surface area contributed by atoms with Crippen LogP contribution in [0.15, 0.2) is 24.3 Å². The van der Waals surface area contributed by atoms with E-state index in [0.717, 1.165) is 0 Å². The fourth-order valence-corrected chi connectivity index (χ4v) is 3.31. The molecule has 0 saturated heterocycles. The van der Waals surface area contributed by atoms with Gasteiger partial charge in [-0.2, -0.15) is 0 Å². The molecule has 0 aliphatic carbocycles. The van der Waals surface area contributed by atoms with Crippen molar-refractivity contribution in [1.29, 1.82) is 0 Å². The molecule has 0 radical (unpaired) electrons. The molecule has 1 aromatic rings. The van der Waals surface area contributed by atoms with Crippen molar-refractivity contribution < 1.29 is 18.8 Å². The van der Waals surface area contributed by atoms with E-state index in [1.807, 2.05) is 0 Å². The fraction of sp³-hybridized carbons (Fsp3) is 0.500. The van der Waals surface area contributed by atoms with E-state index in [2.05, 4.69) is 56.0 Å². The molecule has 0 bridgehead atoms. The van der Waals surface area contributed by atoms with E-state index >= 15 is 0 Å². The van der Waals surface area contributed by atoms with E-state index in [0.29, 0.717) is 0 Å². The highest BCUT2D eigenvalue weighted by Gasteiger charge is 2.33. The van der Waals surface area contributed by atoms with Crippen LogP contribution >= 0.6 is 0 Å². The highest BCUT2D eigenvalue weighted by molar-refractivity contribution is 6.87. The lowest BCUT2D eigenvalue weighted by Gasteiger charge is -2.31. The number of hydrogen-bond acceptors (Lipinski definition) is 3. The van der Waals surface area contributed by atoms with Crippen molar-refractivity contribution in [2.75, 3.05) is 0 Å². The molecule has 0 heterocycles. The molecular weight excluding hydrogens is 401 g/mol. The summed E-state index contributed by atoms with van der Waals surface area (Å²) in [5, 5.41) is 5.11. The van der Waals surface area contributed by atoms with Crippen LogP contribution in [0.2, 0.25) is 18.1 Å². The Morgan fingerprint density at radius 3 is 2.23 bits per heavy atom. The zero-order valence-corrected chi connectivity index (χ0v) is 19.6. The van der Waals surface area contributed by atoms with Crippen molar-refractivity contribution >= 4 is 25.8 Å². The molecule has 0 spiro atoms. The van der Waals surface area contributed by atoms with Crippen molar-refractivity contribution in [1.82, 2.24) is 10.6 Å². The number of rotatable bonds is 7. The molecule has 0 fully saturated rings. The van der Waals surface area contributed by atoms with E-state index in [1.165, 1.54) is 25.1 Å². The van der Waals surface area contributed by atoms with Crippen LogP contribution in [0.3, 0.4) is 0 Å². The third-order valence-electron chi connectivity index (χ3n) is 5.32. The Balaban J connectivity index is 2.96. The minimum absolute atomic E-state index is 0.0563. The van der Waals surface area contributed by atoms with Gasteiger partial charge in [0.25, 0.3) is 0 Å². The Morgan fingerprint density at radius 1 is 1.13 bits per heavy atom. The SMILES string of the molecule is CC(=O)N[C@H](Cc1ccccc1F)C(=O)N[C@H](CC#C[Si](C)(C)C(C)(C)C)C(N)=O. The van der Waals surface area contributed by atoms with Gasteiger partial charge in [0.2, 0.25) is 17.7 Å². The molecule has 1 rings (SSSR count). The molecule has 30 heavy (non-hydrogen) atoms. The molecule has 0 aliphatic heterocycles. The second-order valence-corrected chi connectivity index (χ2v) is 13.9. The fourth-order valence-electron chi connectivity index (χ4n) is 2.40. The Morgan fingerprint density at radius 2 is 1.73 bits per heavy atom. The van der Waals surface area contributed by atoms with Crippen LogP contribution in [-0.2, 0) is 20.8 Å². The Kier molecular flexibility index (Phi) is 8.79. The van der Waals surface area contributed by atoms with E-state index in [9.17, 15) is 18.8 Å². The molecule has 4 N–H and O–H groups in total. The topological polar surface area (TPSA) is 101 Å². The zero-order chi connectivity index (χ0) is 23.1. The molecule has 6 nitrogen and oxygen atoms in total. The van der Waals surface area contributed by atoms with Gasteiger partial charge >= 0.3 is 0 Å². The largest absolute Gasteiger partial charge is 0.368 e. The molecule has 0 aromatic heterocycles. The number of primary amides is 1. The van der Waals surface area contributed by atoms with Crippen molar-refractivity contribution in [2.24, 2.45) is 5.73 Å². The number of carbonyl (C=O) groups excluding carboxylic acids is 3. The lowest BCUT2D eigenvalue weighted by Crippen LogP contribution is -2.53. The molecule has 1 aromatic carbocycles. The first-order valence-corrected chi connectivity index (χ1v) is 12.8. The van der Waals surface area contributed by atoms with Gasteiger partial charge in [0.1, 0.15) is 26.0 Å². The minimum Gasteiger partial charge on any atom is -0.368 e. The molecular formula is C22H32FN3O3Si. The summed E-state index contributed by atoms with van der Waals surface area (Å²) in [6.07, 6.45) is 0.0132. The van der Waals surface area contributed by atoms with Crippen LogP contribution in [0, 0.1) is 17.3 Å². The first-order chi connectivity index (χ1) is 13.7. The second kappa shape index (κ2) is 10.4. The lowest BCUT2D eigenvalue weighted by atomic mass is 10.0. The number of halogens is 1. The van der Waals surface area contributed by atoms with E-state index in [1.54, 1.807) is 6.07 Å². The van der Waals surface area contributed by atoms with Crippen molar-refractivity contribution in [3.8, 4) is 11.5 Å². The predicted octanol–water partition coefficient (Wildman–Crippen LogP) is 2.28. The normalized spacial score (nSPS) is 13.4. The maximum atomic E-state index is 14.0. The Bertz CT molecular complexity index is 853. The number of nitrogens with one attached hydrogen (secondary N) is 2. The van der Waals surface area contributed by atoms with Gasteiger partial charge in [-0.1, -0.05) is 52.1 Å². The summed E-state index contributed by atoms with van der Waals surface area (Å²) in [7, 11) is -1.87. The summed E-state index contributed by atoms with van der Waals surface area (Å²) in [6, 6.07) is 3.94. The average Bonchev–Trinajstić information content (AvgIpc) is 2.60. The maximum absolute atomic E-state index is 14.0. The minimum atomic E-state index is -1.87. The van der Waals surface area contributed by atoms with Crippen molar-refractivity contribution in [3.63, 3.8) is 0 Å². The molecule has 3 amide bonds. The summed E-state index contributed by atoms with van der Waals surface area (Å²) < 4.78 is 14.0. The first kappa shape index (κ1) is 25.4. The number of hydrogen-bond donors (Lipinski definition) is 3. The number of carbonyl (C=O) groups is 3. The predicted molar refractivity (Wildman–Crippen MR) is 118 cm³/mol. The summed E-state index contributed by atoms with van der Waals surface area (Å²) in [5.74, 6) is 0.741. The standard InChI is InChI=1S/C22H32FN3O3Si/c1-15(27)25-19(14-16-10-7-8-11-17(16)23)21(29)26-18(20(24)28)12-9-13-30(5,6)22(2,3)4/h7-8,10-11,18-19H,12,14H2,1-6H3,(H2,24,28)(H,25,27)(H,26,29)/t18-,19-/m1/s1. The van der Waals surface area contributed by atoms with Crippen LogP contribution in [0.5, 0.6) is 0 Å². The number of amides is 3. The quantitative estimate of drug-likeness (QED) is 0.454. The van der Waals surface area contributed by atoms with Crippen LogP contribution in [0.25, 0.3) is 0 Å². The molecule has 8 heteroatoms. The highest BCUT2D eigenvalue weighted by atomic mass is 28.3. The Labute approximate surface area is 179 Å². The van der Waals surface area contributed by atoms with Gasteiger partial charge in [-0.3, -0.25) is 14.4 Å². The summed E-state index contributed by atoms with van der Waals surface area (Å²) in [5.41, 5.74) is 9.00. The third-order valence-corrected chi connectivity index (χ3v) is 9.87. The third kappa shape index (κ3) is 7.63. The molecule has 164 valence electrons. The van der Waals surface area contributed by atoms with Gasteiger partial charge in [-0.25, -0.2) is 4.39 Å². The van der Waals surface area contributed by atoms with Gasteiger partial charge in [-0.15, -0.1) is 11.5 Å². The van der Waals surface area contributed by atoms with Crippen LogP contribution in [0.4, 0.5) is 4.39 Å². The van der Waals surface area contributed by atoms with Gasteiger partial charge in [0, 0.05) is 19.8 Å². The summed E-state index contributed by atoms with van der Waals surface area (Å²) >= 11 is 0. The maximum Gasteiger partial charge on any atom is 0.243 e. The highest BCUT2D eigenvalue weighted by Crippen LogP contribution is 2.35. The monoisotopic (exact) mass is 433 g/mol. The van der Waals surface area contributed by atoms with Crippen LogP contribution in [0.1, 0.15) is 39.7 Å². The second-order valence-electron chi connectivity index (χ2n) is 8.89. The lowest BCUT2D eigenvalue weighted by molar-refractivity contribution is -0.130. The zero-order valence-electron chi connectivity index (χ0n) is 18.6.